The van der Waals surface area contributed by atoms with Crippen LogP contribution in [-0.4, -0.2) is 54.5 Å². The summed E-state index contributed by atoms with van der Waals surface area (Å²) in [7, 11) is 0. The number of benzene rings is 2. The minimum absolute atomic E-state index is 0.241. The molecule has 0 aromatic heterocycles. The van der Waals surface area contributed by atoms with Crippen LogP contribution in [0.2, 0.25) is 0 Å². The number of aryl methyl sites for hydroxylation is 1. The van der Waals surface area contributed by atoms with Gasteiger partial charge in [-0.05, 0) is 50.5 Å². The molecule has 0 bridgehead atoms. The number of hydrogen-bond acceptors (Lipinski definition) is 3. The third kappa shape index (κ3) is 4.93. The Hall–Kier alpha value is -2.33. The summed E-state index contributed by atoms with van der Waals surface area (Å²) < 4.78 is 0. The van der Waals surface area contributed by atoms with Crippen molar-refractivity contribution in [1.82, 2.24) is 9.80 Å². The third-order valence-corrected chi connectivity index (χ3v) is 5.85. The summed E-state index contributed by atoms with van der Waals surface area (Å²) in [5.74, 6) is 0.241. The Morgan fingerprint density at radius 2 is 1.64 bits per heavy atom. The Kier molecular flexibility index (Phi) is 6.74. The molecule has 1 aliphatic heterocycles. The summed E-state index contributed by atoms with van der Waals surface area (Å²) in [6.45, 7) is 13.4. The second-order valence-corrected chi connectivity index (χ2v) is 8.07. The number of anilines is 1. The van der Waals surface area contributed by atoms with E-state index in [0.29, 0.717) is 12.6 Å². The molecule has 2 aromatic carbocycles. The molecule has 0 aliphatic carbocycles. The first-order valence-corrected chi connectivity index (χ1v) is 10.3. The van der Waals surface area contributed by atoms with Gasteiger partial charge in [0.2, 0.25) is 5.91 Å². The number of carbonyl (C=O) groups excluding carboxylic acids is 1. The molecule has 0 saturated carbocycles. The van der Waals surface area contributed by atoms with Gasteiger partial charge in [0, 0.05) is 44.5 Å². The molecule has 1 amide bonds. The number of carbonyl (C=O) groups is 1. The first-order valence-electron chi connectivity index (χ1n) is 10.3. The van der Waals surface area contributed by atoms with E-state index in [1.165, 1.54) is 22.4 Å². The van der Waals surface area contributed by atoms with E-state index in [9.17, 15) is 4.79 Å². The zero-order valence-electron chi connectivity index (χ0n) is 17.7. The molecule has 1 fully saturated rings. The van der Waals surface area contributed by atoms with Gasteiger partial charge in [0.1, 0.15) is 0 Å². The number of amides is 1. The van der Waals surface area contributed by atoms with Crippen molar-refractivity contribution in [3.8, 4) is 0 Å². The Morgan fingerprint density at radius 1 is 0.964 bits per heavy atom. The molecule has 0 radical (unpaired) electrons. The van der Waals surface area contributed by atoms with Crippen molar-refractivity contribution < 1.29 is 4.79 Å². The lowest BCUT2D eigenvalue weighted by atomic mass is 10.1. The van der Waals surface area contributed by atoms with Gasteiger partial charge in [-0.3, -0.25) is 9.69 Å². The van der Waals surface area contributed by atoms with Crippen LogP contribution in [0.5, 0.6) is 0 Å². The van der Waals surface area contributed by atoms with Crippen molar-refractivity contribution in [3.63, 3.8) is 0 Å². The van der Waals surface area contributed by atoms with Crippen molar-refractivity contribution in [2.24, 2.45) is 0 Å². The van der Waals surface area contributed by atoms with Crippen molar-refractivity contribution in [2.75, 3.05) is 37.6 Å². The smallest absolute Gasteiger partial charge is 0.236 e. The lowest BCUT2D eigenvalue weighted by Crippen LogP contribution is -2.52. The molecule has 4 heteroatoms. The summed E-state index contributed by atoms with van der Waals surface area (Å²) in [6, 6.07) is 17.2. The summed E-state index contributed by atoms with van der Waals surface area (Å²) in [5, 5.41) is 0. The first kappa shape index (κ1) is 20.4. The van der Waals surface area contributed by atoms with Crippen LogP contribution in [0.3, 0.4) is 0 Å². The van der Waals surface area contributed by atoms with E-state index in [1.807, 2.05) is 11.0 Å². The van der Waals surface area contributed by atoms with E-state index in [1.54, 1.807) is 0 Å². The van der Waals surface area contributed by atoms with Gasteiger partial charge in [0.15, 0.2) is 0 Å². The van der Waals surface area contributed by atoms with E-state index in [2.05, 4.69) is 80.0 Å². The molecule has 4 nitrogen and oxygen atoms in total. The van der Waals surface area contributed by atoms with Gasteiger partial charge in [-0.1, -0.05) is 42.5 Å². The van der Waals surface area contributed by atoms with Gasteiger partial charge >= 0.3 is 0 Å². The molecule has 150 valence electrons. The minimum Gasteiger partial charge on any atom is -0.368 e. The average Bonchev–Trinajstić information content (AvgIpc) is 2.70. The highest BCUT2D eigenvalue weighted by Crippen LogP contribution is 2.24. The molecular weight excluding hydrogens is 346 g/mol. The van der Waals surface area contributed by atoms with Crippen molar-refractivity contribution >= 4 is 11.6 Å². The second-order valence-electron chi connectivity index (χ2n) is 8.07. The van der Waals surface area contributed by atoms with E-state index >= 15 is 0 Å². The molecule has 0 atom stereocenters. The van der Waals surface area contributed by atoms with Crippen LogP contribution in [0.1, 0.15) is 30.5 Å². The predicted octanol–water partition coefficient (Wildman–Crippen LogP) is 3.86. The molecule has 28 heavy (non-hydrogen) atoms. The Bertz CT molecular complexity index is 780. The highest BCUT2D eigenvalue weighted by molar-refractivity contribution is 5.78. The SMILES string of the molecule is Cc1cccc(N2CCN(C(=O)CN(Cc3ccccc3)C(C)C)CC2)c1C. The van der Waals surface area contributed by atoms with Crippen LogP contribution in [-0.2, 0) is 11.3 Å². The molecule has 2 aromatic rings. The largest absolute Gasteiger partial charge is 0.368 e. The summed E-state index contributed by atoms with van der Waals surface area (Å²) in [6.07, 6.45) is 0. The Morgan fingerprint density at radius 3 is 2.29 bits per heavy atom. The molecule has 0 spiro atoms. The zero-order chi connectivity index (χ0) is 20.1. The van der Waals surface area contributed by atoms with Gasteiger partial charge < -0.3 is 9.80 Å². The maximum absolute atomic E-state index is 12.9. The van der Waals surface area contributed by atoms with Crippen molar-refractivity contribution in [1.29, 1.82) is 0 Å². The standard InChI is InChI=1S/C24H33N3O/c1-19(2)27(17-22-10-6-5-7-11-22)18-24(28)26-15-13-25(14-16-26)23-12-8-9-20(3)21(23)4/h5-12,19H,13-18H2,1-4H3. The molecule has 0 N–H and O–H groups in total. The lowest BCUT2D eigenvalue weighted by molar-refractivity contribution is -0.133. The predicted molar refractivity (Wildman–Crippen MR) is 117 cm³/mol. The van der Waals surface area contributed by atoms with Crippen LogP contribution in [0, 0.1) is 13.8 Å². The average molecular weight is 380 g/mol. The molecule has 1 saturated heterocycles. The quantitative estimate of drug-likeness (QED) is 0.762. The van der Waals surface area contributed by atoms with E-state index in [0.717, 1.165) is 32.7 Å². The molecule has 1 aliphatic rings. The number of nitrogens with zero attached hydrogens (tertiary/aromatic N) is 3. The van der Waals surface area contributed by atoms with Gasteiger partial charge in [-0.25, -0.2) is 0 Å². The maximum Gasteiger partial charge on any atom is 0.236 e. The van der Waals surface area contributed by atoms with Gasteiger partial charge in [-0.2, -0.15) is 0 Å². The monoisotopic (exact) mass is 379 g/mol. The molecular formula is C24H33N3O. The maximum atomic E-state index is 12.9. The van der Waals surface area contributed by atoms with Crippen molar-refractivity contribution in [2.45, 2.75) is 40.3 Å². The van der Waals surface area contributed by atoms with Crippen LogP contribution >= 0.6 is 0 Å². The van der Waals surface area contributed by atoms with Gasteiger partial charge in [0.25, 0.3) is 0 Å². The van der Waals surface area contributed by atoms with E-state index in [4.69, 9.17) is 0 Å². The van der Waals surface area contributed by atoms with E-state index < -0.39 is 0 Å². The van der Waals surface area contributed by atoms with Gasteiger partial charge in [0.05, 0.1) is 6.54 Å². The summed E-state index contributed by atoms with van der Waals surface area (Å²) >= 11 is 0. The minimum atomic E-state index is 0.241. The van der Waals surface area contributed by atoms with Crippen LogP contribution in [0.4, 0.5) is 5.69 Å². The molecule has 3 rings (SSSR count). The fourth-order valence-corrected chi connectivity index (χ4v) is 3.79. The van der Waals surface area contributed by atoms with E-state index in [-0.39, 0.29) is 5.91 Å². The number of rotatable bonds is 6. The Labute approximate surface area is 169 Å². The van der Waals surface area contributed by atoms with Crippen LogP contribution in [0.15, 0.2) is 48.5 Å². The molecule has 0 unspecified atom stereocenters. The fourth-order valence-electron chi connectivity index (χ4n) is 3.79. The first-order chi connectivity index (χ1) is 13.5. The highest BCUT2D eigenvalue weighted by Gasteiger charge is 2.24. The molecule has 1 heterocycles. The van der Waals surface area contributed by atoms with Gasteiger partial charge in [-0.15, -0.1) is 0 Å². The summed E-state index contributed by atoms with van der Waals surface area (Å²) in [5.41, 5.74) is 5.23. The van der Waals surface area contributed by atoms with Crippen molar-refractivity contribution in [3.05, 3.63) is 65.2 Å². The zero-order valence-corrected chi connectivity index (χ0v) is 17.7. The highest BCUT2D eigenvalue weighted by atomic mass is 16.2. The van der Waals surface area contributed by atoms with Crippen LogP contribution in [0.25, 0.3) is 0 Å². The third-order valence-electron chi connectivity index (χ3n) is 5.85. The number of hydrogen-bond donors (Lipinski definition) is 0. The lowest BCUT2D eigenvalue weighted by Gasteiger charge is -2.38. The van der Waals surface area contributed by atoms with Crippen LogP contribution < -0.4 is 4.90 Å². The normalized spacial score (nSPS) is 14.8. The number of piperazine rings is 1. The summed E-state index contributed by atoms with van der Waals surface area (Å²) in [4.78, 5) is 19.6. The topological polar surface area (TPSA) is 26.8 Å². The second kappa shape index (κ2) is 9.24. The fraction of sp³-hybridized carbons (Fsp3) is 0.458. The Balaban J connectivity index is 1.57.